The summed E-state index contributed by atoms with van der Waals surface area (Å²) in [6, 6.07) is 6.43. The predicted molar refractivity (Wildman–Crippen MR) is 91.3 cm³/mol. The second-order valence-corrected chi connectivity index (χ2v) is 7.20. The Bertz CT molecular complexity index is 806. The summed E-state index contributed by atoms with van der Waals surface area (Å²) in [6.07, 6.45) is 10.1. The summed E-state index contributed by atoms with van der Waals surface area (Å²) in [5.41, 5.74) is 4.67. The van der Waals surface area contributed by atoms with Gasteiger partial charge in [-0.2, -0.15) is 5.10 Å². The van der Waals surface area contributed by atoms with Crippen LogP contribution in [0, 0.1) is 17.2 Å². The van der Waals surface area contributed by atoms with E-state index in [-0.39, 0.29) is 11.2 Å². The number of benzene rings is 1. The van der Waals surface area contributed by atoms with Gasteiger partial charge in [0.15, 0.2) is 0 Å². The van der Waals surface area contributed by atoms with E-state index >= 15 is 0 Å². The average Bonchev–Trinajstić information content (AvgIpc) is 2.97. The second kappa shape index (κ2) is 5.69. The summed E-state index contributed by atoms with van der Waals surface area (Å²) in [7, 11) is 0. The average molecular weight is 324 g/mol. The van der Waals surface area contributed by atoms with Gasteiger partial charge >= 0.3 is 0 Å². The highest BCUT2D eigenvalue weighted by Crippen LogP contribution is 2.51. The number of aromatic nitrogens is 2. The molecule has 124 valence electrons. The van der Waals surface area contributed by atoms with Crippen LogP contribution in [0.3, 0.4) is 0 Å². The Morgan fingerprint density at radius 2 is 2.17 bits per heavy atom. The van der Waals surface area contributed by atoms with E-state index in [0.29, 0.717) is 12.3 Å². The molecular formula is C20H21FN2O. The van der Waals surface area contributed by atoms with Crippen LogP contribution in [0.5, 0.6) is 0 Å². The number of allylic oxidation sites excluding steroid dienone is 1. The van der Waals surface area contributed by atoms with Gasteiger partial charge in [-0.25, -0.2) is 9.07 Å². The van der Waals surface area contributed by atoms with Gasteiger partial charge in [-0.3, -0.25) is 0 Å². The van der Waals surface area contributed by atoms with E-state index in [1.165, 1.54) is 23.3 Å². The molecule has 0 bridgehead atoms. The molecule has 0 radical (unpaired) electrons. The van der Waals surface area contributed by atoms with Crippen LogP contribution in [0.4, 0.5) is 4.39 Å². The summed E-state index contributed by atoms with van der Waals surface area (Å²) < 4.78 is 15.1. The maximum atomic E-state index is 13.2. The molecular weight excluding hydrogens is 303 g/mol. The Kier molecular flexibility index (Phi) is 3.63. The molecule has 0 spiro atoms. The molecule has 2 aromatic rings. The van der Waals surface area contributed by atoms with Gasteiger partial charge in [-0.1, -0.05) is 12.5 Å². The number of nitrogens with zero attached hydrogens (tertiary/aromatic N) is 2. The third-order valence-corrected chi connectivity index (χ3v) is 5.84. The Morgan fingerprint density at radius 3 is 2.92 bits per heavy atom. The lowest BCUT2D eigenvalue weighted by atomic mass is 9.59. The van der Waals surface area contributed by atoms with Crippen molar-refractivity contribution in [1.29, 1.82) is 0 Å². The van der Waals surface area contributed by atoms with Crippen molar-refractivity contribution < 1.29 is 9.18 Å². The first kappa shape index (κ1) is 15.3. The minimum absolute atomic E-state index is 0.0584. The van der Waals surface area contributed by atoms with Crippen molar-refractivity contribution in [2.45, 2.75) is 39.0 Å². The molecule has 2 aliphatic rings. The number of halogens is 1. The van der Waals surface area contributed by atoms with Crippen LogP contribution < -0.4 is 0 Å². The van der Waals surface area contributed by atoms with Gasteiger partial charge in [0.25, 0.3) is 0 Å². The number of fused-ring (bicyclic) bond motifs is 2. The number of hydrogen-bond acceptors (Lipinski definition) is 2. The minimum atomic E-state index is -0.241. The quantitative estimate of drug-likeness (QED) is 0.787. The summed E-state index contributed by atoms with van der Waals surface area (Å²) >= 11 is 0. The molecule has 0 unspecified atom stereocenters. The number of carbonyl (C=O) groups excluding carboxylic acids is 1. The summed E-state index contributed by atoms with van der Waals surface area (Å²) in [5, 5.41) is 4.54. The lowest BCUT2D eigenvalue weighted by molar-refractivity contribution is -0.109. The topological polar surface area (TPSA) is 34.9 Å². The Hall–Kier alpha value is -2.23. The van der Waals surface area contributed by atoms with Crippen LogP contribution in [0.25, 0.3) is 11.8 Å². The minimum Gasteiger partial charge on any atom is -0.303 e. The van der Waals surface area contributed by atoms with Gasteiger partial charge in [0.2, 0.25) is 0 Å². The van der Waals surface area contributed by atoms with Crippen molar-refractivity contribution in [2.24, 2.45) is 11.3 Å². The van der Waals surface area contributed by atoms with Crippen molar-refractivity contribution in [3.05, 3.63) is 53.1 Å². The van der Waals surface area contributed by atoms with Gasteiger partial charge in [-0.05, 0) is 72.9 Å². The van der Waals surface area contributed by atoms with E-state index in [0.717, 1.165) is 43.4 Å². The fourth-order valence-corrected chi connectivity index (χ4v) is 4.42. The van der Waals surface area contributed by atoms with Gasteiger partial charge in [0, 0.05) is 6.42 Å². The second-order valence-electron chi connectivity index (χ2n) is 7.20. The molecule has 0 N–H and O–H groups in total. The molecule has 0 aliphatic heterocycles. The first-order chi connectivity index (χ1) is 11.6. The lowest BCUT2D eigenvalue weighted by Crippen LogP contribution is -2.37. The van der Waals surface area contributed by atoms with E-state index in [1.54, 1.807) is 12.1 Å². The van der Waals surface area contributed by atoms with E-state index in [2.05, 4.69) is 18.1 Å². The van der Waals surface area contributed by atoms with Gasteiger partial charge < -0.3 is 4.79 Å². The zero-order valence-electron chi connectivity index (χ0n) is 13.8. The van der Waals surface area contributed by atoms with Crippen LogP contribution in [0.2, 0.25) is 0 Å². The molecule has 1 fully saturated rings. The first-order valence-electron chi connectivity index (χ1n) is 8.59. The molecule has 1 heterocycles. The molecule has 1 aromatic heterocycles. The molecule has 2 aliphatic carbocycles. The molecule has 1 saturated carbocycles. The van der Waals surface area contributed by atoms with Gasteiger partial charge in [-0.15, -0.1) is 0 Å². The zero-order valence-corrected chi connectivity index (χ0v) is 13.8. The fraction of sp³-hybridized carbons (Fsp3) is 0.400. The third-order valence-electron chi connectivity index (χ3n) is 5.84. The summed E-state index contributed by atoms with van der Waals surface area (Å²) in [4.78, 5) is 11.1. The standard InChI is InChI=1S/C20H21FN2O/c1-20-12-14-13-22-23(18-7-5-17(21)6-8-18)19(14)11-16(20)4-2-3-15(20)9-10-24/h5-8,10-11,13,15H,2-4,9,12H2,1H3/t15-,20-/m1/s1. The lowest BCUT2D eigenvalue weighted by Gasteiger charge is -2.45. The number of aldehydes is 1. The van der Waals surface area contributed by atoms with Crippen molar-refractivity contribution >= 4 is 12.4 Å². The highest BCUT2D eigenvalue weighted by molar-refractivity contribution is 5.62. The Labute approximate surface area is 141 Å². The molecule has 4 rings (SSSR count). The predicted octanol–water partition coefficient (Wildman–Crippen LogP) is 4.35. The van der Waals surface area contributed by atoms with E-state index in [4.69, 9.17) is 0 Å². The molecule has 3 nitrogen and oxygen atoms in total. The van der Waals surface area contributed by atoms with Crippen LogP contribution in [-0.4, -0.2) is 16.1 Å². The normalized spacial score (nSPS) is 25.6. The van der Waals surface area contributed by atoms with E-state index < -0.39 is 0 Å². The SMILES string of the molecule is C[C@]12Cc3cnn(-c4ccc(F)cc4)c3C=C1CCC[C@@H]2CC=O. The molecule has 24 heavy (non-hydrogen) atoms. The van der Waals surface area contributed by atoms with Crippen molar-refractivity contribution in [3.63, 3.8) is 0 Å². The highest BCUT2D eigenvalue weighted by Gasteiger charge is 2.42. The van der Waals surface area contributed by atoms with E-state index in [1.807, 2.05) is 10.9 Å². The van der Waals surface area contributed by atoms with Crippen molar-refractivity contribution in [3.8, 4) is 5.69 Å². The monoisotopic (exact) mass is 324 g/mol. The smallest absolute Gasteiger partial charge is 0.123 e. The van der Waals surface area contributed by atoms with Crippen LogP contribution in [0.1, 0.15) is 43.9 Å². The van der Waals surface area contributed by atoms with Crippen molar-refractivity contribution in [2.75, 3.05) is 0 Å². The fourth-order valence-electron chi connectivity index (χ4n) is 4.42. The number of rotatable bonds is 3. The molecule has 0 saturated heterocycles. The van der Waals surface area contributed by atoms with Crippen LogP contribution in [-0.2, 0) is 11.2 Å². The maximum absolute atomic E-state index is 13.2. The third kappa shape index (κ3) is 2.32. The number of hydrogen-bond donors (Lipinski definition) is 0. The van der Waals surface area contributed by atoms with E-state index in [9.17, 15) is 9.18 Å². The molecule has 2 atom stereocenters. The van der Waals surface area contributed by atoms with Gasteiger partial charge in [0.1, 0.15) is 12.1 Å². The Balaban J connectivity index is 1.76. The largest absolute Gasteiger partial charge is 0.303 e. The number of carbonyl (C=O) groups is 1. The molecule has 0 amide bonds. The van der Waals surface area contributed by atoms with Crippen molar-refractivity contribution in [1.82, 2.24) is 9.78 Å². The highest BCUT2D eigenvalue weighted by atomic mass is 19.1. The van der Waals surface area contributed by atoms with Crippen LogP contribution in [0.15, 0.2) is 36.0 Å². The van der Waals surface area contributed by atoms with Crippen LogP contribution >= 0.6 is 0 Å². The Morgan fingerprint density at radius 1 is 1.38 bits per heavy atom. The summed E-state index contributed by atoms with van der Waals surface area (Å²) in [5.74, 6) is 0.173. The first-order valence-corrected chi connectivity index (χ1v) is 8.59. The molecule has 4 heteroatoms. The van der Waals surface area contributed by atoms with Gasteiger partial charge in [0.05, 0.1) is 17.6 Å². The molecule has 1 aromatic carbocycles. The zero-order chi connectivity index (χ0) is 16.7. The summed E-state index contributed by atoms with van der Waals surface area (Å²) in [6.45, 7) is 2.30. The maximum Gasteiger partial charge on any atom is 0.123 e.